The average molecular weight is 438 g/mol. The van der Waals surface area contributed by atoms with E-state index < -0.39 is 6.10 Å². The smallest absolute Gasteiger partial charge is 0.251 e. The predicted molar refractivity (Wildman–Crippen MR) is 126 cm³/mol. The van der Waals surface area contributed by atoms with Gasteiger partial charge in [0.1, 0.15) is 11.9 Å². The summed E-state index contributed by atoms with van der Waals surface area (Å²) < 4.78 is 6.09. The number of fused-ring (bicyclic) bond motifs is 1. The first kappa shape index (κ1) is 22.8. The SMILES string of the molecule is CCN1CCC(Oc2ccc(C(=O)NC[C@H](O)CN3CCc4ccccc4C3)cc2)CC1. The number of carbonyl (C=O) groups excluding carboxylic acids is 1. The Balaban J connectivity index is 1.19. The molecule has 32 heavy (non-hydrogen) atoms. The molecule has 2 aliphatic rings. The lowest BCUT2D eigenvalue weighted by Crippen LogP contribution is -2.42. The Hall–Kier alpha value is -2.41. The molecule has 1 saturated heterocycles. The first-order valence-corrected chi connectivity index (χ1v) is 11.8. The van der Waals surface area contributed by atoms with Gasteiger partial charge in [-0.2, -0.15) is 0 Å². The van der Waals surface area contributed by atoms with Crippen molar-refractivity contribution in [2.24, 2.45) is 0 Å². The number of aliphatic hydroxyl groups excluding tert-OH is 1. The summed E-state index contributed by atoms with van der Waals surface area (Å²) in [7, 11) is 0. The third kappa shape index (κ3) is 6.09. The molecule has 4 rings (SSSR count). The van der Waals surface area contributed by atoms with Crippen LogP contribution < -0.4 is 10.1 Å². The number of ether oxygens (including phenoxy) is 1. The number of carbonyl (C=O) groups is 1. The molecule has 6 heteroatoms. The standard InChI is InChI=1S/C26H35N3O3/c1-2-28-15-12-25(13-16-28)32-24-9-7-21(8-10-24)26(31)27-17-23(30)19-29-14-11-20-5-3-4-6-22(20)18-29/h3-10,23,25,30H,2,11-19H2,1H3,(H,27,31)/t23-/m0/s1. The molecule has 6 nitrogen and oxygen atoms in total. The number of nitrogens with one attached hydrogen (secondary N) is 1. The minimum Gasteiger partial charge on any atom is -0.490 e. The molecule has 1 atom stereocenters. The maximum absolute atomic E-state index is 12.5. The Kier molecular flexibility index (Phi) is 7.79. The summed E-state index contributed by atoms with van der Waals surface area (Å²) >= 11 is 0. The van der Waals surface area contributed by atoms with Crippen molar-refractivity contribution in [1.29, 1.82) is 0 Å². The average Bonchev–Trinajstić information content (AvgIpc) is 2.83. The van der Waals surface area contributed by atoms with Crippen LogP contribution in [0.4, 0.5) is 0 Å². The fourth-order valence-corrected chi connectivity index (χ4v) is 4.61. The van der Waals surface area contributed by atoms with E-state index in [9.17, 15) is 9.90 Å². The number of piperidine rings is 1. The van der Waals surface area contributed by atoms with Crippen LogP contribution in [0, 0.1) is 0 Å². The van der Waals surface area contributed by atoms with Crippen molar-refractivity contribution in [3.8, 4) is 5.75 Å². The molecule has 0 aliphatic carbocycles. The Morgan fingerprint density at radius 2 is 1.78 bits per heavy atom. The molecule has 0 saturated carbocycles. The Bertz CT molecular complexity index is 878. The van der Waals surface area contributed by atoms with Gasteiger partial charge in [0, 0.05) is 44.8 Å². The van der Waals surface area contributed by atoms with Gasteiger partial charge < -0.3 is 20.1 Å². The number of amides is 1. The first-order chi connectivity index (χ1) is 15.6. The monoisotopic (exact) mass is 437 g/mol. The molecule has 2 aromatic rings. The molecule has 2 aromatic carbocycles. The van der Waals surface area contributed by atoms with Crippen LogP contribution in [0.2, 0.25) is 0 Å². The topological polar surface area (TPSA) is 65.0 Å². The van der Waals surface area contributed by atoms with Crippen LogP contribution in [0.25, 0.3) is 0 Å². The fraction of sp³-hybridized carbons (Fsp3) is 0.500. The van der Waals surface area contributed by atoms with E-state index in [0.717, 1.165) is 57.7 Å². The number of benzene rings is 2. The van der Waals surface area contributed by atoms with Crippen LogP contribution in [0.1, 0.15) is 41.3 Å². The maximum Gasteiger partial charge on any atom is 0.251 e. The van der Waals surface area contributed by atoms with Gasteiger partial charge >= 0.3 is 0 Å². The molecule has 2 N–H and O–H groups in total. The van der Waals surface area contributed by atoms with Gasteiger partial charge in [0.05, 0.1) is 6.10 Å². The minimum absolute atomic E-state index is 0.171. The van der Waals surface area contributed by atoms with Gasteiger partial charge in [-0.05, 0) is 61.2 Å². The van der Waals surface area contributed by atoms with Gasteiger partial charge in [0.2, 0.25) is 0 Å². The molecular formula is C26H35N3O3. The summed E-state index contributed by atoms with van der Waals surface area (Å²) in [6.45, 7) is 8.01. The zero-order valence-corrected chi connectivity index (χ0v) is 19.0. The van der Waals surface area contributed by atoms with Gasteiger partial charge in [-0.1, -0.05) is 31.2 Å². The molecule has 1 fully saturated rings. The van der Waals surface area contributed by atoms with Crippen molar-refractivity contribution in [2.45, 2.75) is 44.9 Å². The highest BCUT2D eigenvalue weighted by Gasteiger charge is 2.20. The molecule has 2 aliphatic heterocycles. The normalized spacial score (nSPS) is 18.7. The van der Waals surface area contributed by atoms with Crippen molar-refractivity contribution >= 4 is 5.91 Å². The fourth-order valence-electron chi connectivity index (χ4n) is 4.61. The zero-order chi connectivity index (χ0) is 22.3. The number of nitrogens with zero attached hydrogens (tertiary/aromatic N) is 2. The molecule has 0 unspecified atom stereocenters. The van der Waals surface area contributed by atoms with Crippen molar-refractivity contribution in [2.75, 3.05) is 39.3 Å². The van der Waals surface area contributed by atoms with Gasteiger partial charge in [-0.25, -0.2) is 0 Å². The first-order valence-electron chi connectivity index (χ1n) is 11.8. The summed E-state index contributed by atoms with van der Waals surface area (Å²) in [5, 5.41) is 13.3. The molecule has 0 aromatic heterocycles. The molecule has 0 radical (unpaired) electrons. The highest BCUT2D eigenvalue weighted by Crippen LogP contribution is 2.20. The van der Waals surface area contributed by atoms with Crippen LogP contribution in [-0.4, -0.2) is 72.3 Å². The van der Waals surface area contributed by atoms with Gasteiger partial charge in [-0.3, -0.25) is 9.69 Å². The van der Waals surface area contributed by atoms with E-state index in [1.54, 1.807) is 12.1 Å². The van der Waals surface area contributed by atoms with Crippen LogP contribution in [0.3, 0.4) is 0 Å². The summed E-state index contributed by atoms with van der Waals surface area (Å²) in [6.07, 6.45) is 2.73. The maximum atomic E-state index is 12.5. The van der Waals surface area contributed by atoms with Crippen LogP contribution >= 0.6 is 0 Å². The van der Waals surface area contributed by atoms with Gasteiger partial charge in [0.25, 0.3) is 5.91 Å². The van der Waals surface area contributed by atoms with Gasteiger partial charge in [-0.15, -0.1) is 0 Å². The Morgan fingerprint density at radius 1 is 1.06 bits per heavy atom. The lowest BCUT2D eigenvalue weighted by molar-refractivity contribution is 0.0841. The van der Waals surface area contributed by atoms with E-state index in [4.69, 9.17) is 4.74 Å². The number of hydrogen-bond donors (Lipinski definition) is 2. The van der Waals surface area contributed by atoms with E-state index in [2.05, 4.69) is 46.3 Å². The largest absolute Gasteiger partial charge is 0.490 e. The van der Waals surface area contributed by atoms with Crippen molar-refractivity contribution in [3.63, 3.8) is 0 Å². The summed E-state index contributed by atoms with van der Waals surface area (Å²) in [6, 6.07) is 15.8. The van der Waals surface area contributed by atoms with Crippen LogP contribution in [0.5, 0.6) is 5.75 Å². The summed E-state index contributed by atoms with van der Waals surface area (Å²) in [5.41, 5.74) is 3.30. The molecule has 1 amide bonds. The number of rotatable bonds is 8. The second-order valence-electron chi connectivity index (χ2n) is 8.89. The second-order valence-corrected chi connectivity index (χ2v) is 8.89. The van der Waals surface area contributed by atoms with Crippen molar-refractivity contribution < 1.29 is 14.6 Å². The number of likely N-dealkylation sites (tertiary alicyclic amines) is 1. The van der Waals surface area contributed by atoms with E-state index in [1.807, 2.05) is 12.1 Å². The zero-order valence-electron chi connectivity index (χ0n) is 19.0. The Morgan fingerprint density at radius 3 is 2.50 bits per heavy atom. The van der Waals surface area contributed by atoms with E-state index in [1.165, 1.54) is 11.1 Å². The summed E-state index contributed by atoms with van der Waals surface area (Å²) in [5.74, 6) is 0.637. The van der Waals surface area contributed by atoms with Gasteiger partial charge in [0.15, 0.2) is 0 Å². The Labute approximate surface area is 191 Å². The quantitative estimate of drug-likeness (QED) is 0.665. The number of hydrogen-bond acceptors (Lipinski definition) is 5. The lowest BCUT2D eigenvalue weighted by atomic mass is 10.00. The highest BCUT2D eigenvalue weighted by molar-refractivity contribution is 5.94. The van der Waals surface area contributed by atoms with Crippen molar-refractivity contribution in [3.05, 3.63) is 65.2 Å². The molecular weight excluding hydrogens is 402 g/mol. The third-order valence-corrected chi connectivity index (χ3v) is 6.58. The predicted octanol–water partition coefficient (Wildman–Crippen LogP) is 2.70. The van der Waals surface area contributed by atoms with E-state index in [0.29, 0.717) is 12.1 Å². The highest BCUT2D eigenvalue weighted by atomic mass is 16.5. The molecule has 0 bridgehead atoms. The molecule has 172 valence electrons. The van der Waals surface area contributed by atoms with Crippen LogP contribution in [0.15, 0.2) is 48.5 Å². The molecule has 0 spiro atoms. The molecule has 2 heterocycles. The third-order valence-electron chi connectivity index (χ3n) is 6.58. The van der Waals surface area contributed by atoms with E-state index >= 15 is 0 Å². The van der Waals surface area contributed by atoms with Crippen LogP contribution in [-0.2, 0) is 13.0 Å². The summed E-state index contributed by atoms with van der Waals surface area (Å²) in [4.78, 5) is 17.2. The van der Waals surface area contributed by atoms with Crippen molar-refractivity contribution in [1.82, 2.24) is 15.1 Å². The van der Waals surface area contributed by atoms with E-state index in [-0.39, 0.29) is 18.6 Å². The minimum atomic E-state index is -0.596. The second kappa shape index (κ2) is 10.9. The lowest BCUT2D eigenvalue weighted by Gasteiger charge is -2.31. The number of β-amino-alcohol motifs (C(OH)–C–C–N with tert-alkyl or cyclic N) is 1. The number of aliphatic hydroxyl groups is 1.